The van der Waals surface area contributed by atoms with Crippen molar-refractivity contribution in [2.75, 3.05) is 0 Å². The Hall–Kier alpha value is -1.42. The van der Waals surface area contributed by atoms with Gasteiger partial charge in [0.05, 0.1) is 0 Å². The number of benzene rings is 1. The molecule has 0 amide bonds. The van der Waals surface area contributed by atoms with Gasteiger partial charge in [0.2, 0.25) is 0 Å². The second-order valence-electron chi connectivity index (χ2n) is 2.40. The lowest BCUT2D eigenvalue weighted by Gasteiger charge is -1.99. The van der Waals surface area contributed by atoms with Crippen molar-refractivity contribution in [3.05, 3.63) is 42.6 Å². The van der Waals surface area contributed by atoms with Crippen molar-refractivity contribution in [1.29, 1.82) is 0 Å². The first-order valence-electron chi connectivity index (χ1n) is 3.84. The van der Waals surface area contributed by atoms with E-state index in [2.05, 4.69) is 10.2 Å². The molecule has 0 unspecified atom stereocenters. The van der Waals surface area contributed by atoms with Crippen LogP contribution >= 0.6 is 12.0 Å². The summed E-state index contributed by atoms with van der Waals surface area (Å²) < 4.78 is 5.40. The molecule has 0 saturated carbocycles. The monoisotopic (exact) mass is 192 g/mol. The van der Waals surface area contributed by atoms with Crippen molar-refractivity contribution >= 4 is 12.0 Å². The van der Waals surface area contributed by atoms with Crippen LogP contribution in [0.3, 0.4) is 0 Å². The molecule has 0 fully saturated rings. The SMILES string of the molecule is c1ccc(OSc2ccn[nH]2)cc1. The maximum atomic E-state index is 5.40. The van der Waals surface area contributed by atoms with Crippen LogP contribution in [0.15, 0.2) is 47.6 Å². The van der Waals surface area contributed by atoms with Gasteiger partial charge in [0.15, 0.2) is 0 Å². The predicted octanol–water partition coefficient (Wildman–Crippen LogP) is 2.50. The summed E-state index contributed by atoms with van der Waals surface area (Å²) in [5, 5.41) is 7.50. The number of nitrogens with one attached hydrogen (secondary N) is 1. The zero-order valence-electron chi connectivity index (χ0n) is 6.81. The molecule has 3 nitrogen and oxygen atoms in total. The molecule has 0 aliphatic rings. The molecule has 13 heavy (non-hydrogen) atoms. The standard InChI is InChI=1S/C9H8N2OS/c1-2-4-8(5-3-1)12-13-9-6-7-10-11-9/h1-7H,(H,10,11). The average molecular weight is 192 g/mol. The van der Waals surface area contributed by atoms with Crippen molar-refractivity contribution in [1.82, 2.24) is 10.2 Å². The summed E-state index contributed by atoms with van der Waals surface area (Å²) in [4.78, 5) is 0. The quantitative estimate of drug-likeness (QED) is 0.759. The van der Waals surface area contributed by atoms with Crippen LogP contribution in [0.5, 0.6) is 5.75 Å². The summed E-state index contributed by atoms with van der Waals surface area (Å²) in [6.45, 7) is 0. The summed E-state index contributed by atoms with van der Waals surface area (Å²) in [7, 11) is 0. The van der Waals surface area contributed by atoms with Crippen LogP contribution in [0, 0.1) is 0 Å². The van der Waals surface area contributed by atoms with Crippen LogP contribution in [-0.2, 0) is 0 Å². The van der Waals surface area contributed by atoms with E-state index in [1.54, 1.807) is 6.20 Å². The first kappa shape index (κ1) is 8.19. The van der Waals surface area contributed by atoms with Crippen LogP contribution in [0.2, 0.25) is 0 Å². The van der Waals surface area contributed by atoms with E-state index in [1.807, 2.05) is 36.4 Å². The second kappa shape index (κ2) is 4.00. The summed E-state index contributed by atoms with van der Waals surface area (Å²) >= 11 is 1.26. The molecule has 1 aromatic carbocycles. The fourth-order valence-corrected chi connectivity index (χ4v) is 1.36. The Morgan fingerprint density at radius 1 is 1.15 bits per heavy atom. The predicted molar refractivity (Wildman–Crippen MR) is 51.5 cm³/mol. The number of hydrogen-bond acceptors (Lipinski definition) is 3. The van der Waals surface area contributed by atoms with Gasteiger partial charge >= 0.3 is 0 Å². The van der Waals surface area contributed by atoms with Crippen molar-refractivity contribution < 1.29 is 4.18 Å². The zero-order chi connectivity index (χ0) is 8.93. The van der Waals surface area contributed by atoms with Crippen LogP contribution in [0.1, 0.15) is 0 Å². The Morgan fingerprint density at radius 3 is 2.69 bits per heavy atom. The molecule has 0 radical (unpaired) electrons. The highest BCUT2D eigenvalue weighted by molar-refractivity contribution is 7.95. The molecular weight excluding hydrogens is 184 g/mol. The topological polar surface area (TPSA) is 37.9 Å². The number of rotatable bonds is 3. The fraction of sp³-hybridized carbons (Fsp3) is 0. The number of nitrogens with zero attached hydrogens (tertiary/aromatic N) is 1. The normalized spacial score (nSPS) is 9.85. The Bertz CT molecular complexity index is 347. The van der Waals surface area contributed by atoms with Gasteiger partial charge < -0.3 is 4.18 Å². The van der Waals surface area contributed by atoms with E-state index in [1.165, 1.54) is 12.0 Å². The average Bonchev–Trinajstić information content (AvgIpc) is 2.69. The number of para-hydroxylation sites is 1. The first-order chi connectivity index (χ1) is 6.45. The third-order valence-electron chi connectivity index (χ3n) is 1.45. The summed E-state index contributed by atoms with van der Waals surface area (Å²) in [6.07, 6.45) is 1.69. The maximum absolute atomic E-state index is 5.40. The number of aromatic nitrogens is 2. The van der Waals surface area contributed by atoms with E-state index in [4.69, 9.17) is 4.18 Å². The molecular formula is C9H8N2OS. The summed E-state index contributed by atoms with van der Waals surface area (Å²) in [5.41, 5.74) is 0. The molecule has 0 spiro atoms. The van der Waals surface area contributed by atoms with Gasteiger partial charge in [-0.1, -0.05) is 18.2 Å². The van der Waals surface area contributed by atoms with Gasteiger partial charge in [-0.05, 0) is 18.2 Å². The van der Waals surface area contributed by atoms with Crippen LogP contribution < -0.4 is 4.18 Å². The lowest BCUT2D eigenvalue weighted by molar-refractivity contribution is 0.643. The van der Waals surface area contributed by atoms with E-state index < -0.39 is 0 Å². The highest BCUT2D eigenvalue weighted by Crippen LogP contribution is 2.20. The zero-order valence-corrected chi connectivity index (χ0v) is 7.62. The van der Waals surface area contributed by atoms with E-state index in [0.717, 1.165) is 10.8 Å². The van der Waals surface area contributed by atoms with Crippen LogP contribution in [0.25, 0.3) is 0 Å². The van der Waals surface area contributed by atoms with Crippen LogP contribution in [-0.4, -0.2) is 10.2 Å². The van der Waals surface area contributed by atoms with E-state index >= 15 is 0 Å². The molecule has 0 bridgehead atoms. The molecule has 4 heteroatoms. The van der Waals surface area contributed by atoms with Gasteiger partial charge in [-0.2, -0.15) is 5.10 Å². The number of hydrogen-bond donors (Lipinski definition) is 1. The Kier molecular flexibility index (Phi) is 2.52. The number of H-pyrrole nitrogens is 1. The van der Waals surface area contributed by atoms with Gasteiger partial charge in [-0.15, -0.1) is 0 Å². The van der Waals surface area contributed by atoms with Crippen LogP contribution in [0.4, 0.5) is 0 Å². The lowest BCUT2D eigenvalue weighted by atomic mass is 10.3. The molecule has 0 saturated heterocycles. The second-order valence-corrected chi connectivity index (χ2v) is 3.17. The van der Waals surface area contributed by atoms with Gasteiger partial charge in [-0.3, -0.25) is 5.10 Å². The van der Waals surface area contributed by atoms with E-state index in [0.29, 0.717) is 0 Å². The molecule has 66 valence electrons. The highest BCUT2D eigenvalue weighted by Gasteiger charge is 1.96. The smallest absolute Gasteiger partial charge is 0.137 e. The lowest BCUT2D eigenvalue weighted by Crippen LogP contribution is -1.80. The van der Waals surface area contributed by atoms with Crippen molar-refractivity contribution in [2.24, 2.45) is 0 Å². The largest absolute Gasteiger partial charge is 0.419 e. The molecule has 1 aromatic heterocycles. The Labute approximate surface area is 80.3 Å². The fourth-order valence-electron chi connectivity index (χ4n) is 0.859. The van der Waals surface area contributed by atoms with E-state index in [-0.39, 0.29) is 0 Å². The number of aromatic amines is 1. The minimum absolute atomic E-state index is 0.835. The minimum Gasteiger partial charge on any atom is -0.419 e. The third kappa shape index (κ3) is 2.26. The van der Waals surface area contributed by atoms with Gasteiger partial charge in [-0.25, -0.2) is 0 Å². The maximum Gasteiger partial charge on any atom is 0.137 e. The Morgan fingerprint density at radius 2 is 2.00 bits per heavy atom. The van der Waals surface area contributed by atoms with Gasteiger partial charge in [0.25, 0.3) is 0 Å². The first-order valence-corrected chi connectivity index (χ1v) is 4.58. The van der Waals surface area contributed by atoms with E-state index in [9.17, 15) is 0 Å². The summed E-state index contributed by atoms with van der Waals surface area (Å²) in [6, 6.07) is 11.5. The molecule has 0 atom stereocenters. The molecule has 0 aliphatic heterocycles. The van der Waals surface area contributed by atoms with Crippen molar-refractivity contribution in [3.8, 4) is 5.75 Å². The summed E-state index contributed by atoms with van der Waals surface area (Å²) in [5.74, 6) is 0.835. The van der Waals surface area contributed by atoms with Crippen molar-refractivity contribution in [3.63, 3.8) is 0 Å². The molecule has 2 rings (SSSR count). The van der Waals surface area contributed by atoms with Gasteiger partial charge in [0, 0.05) is 6.20 Å². The van der Waals surface area contributed by atoms with Gasteiger partial charge in [0.1, 0.15) is 22.8 Å². The molecule has 0 aliphatic carbocycles. The molecule has 1 heterocycles. The molecule has 1 N–H and O–H groups in total. The Balaban J connectivity index is 1.94. The minimum atomic E-state index is 0.835. The third-order valence-corrected chi connectivity index (χ3v) is 2.13. The van der Waals surface area contributed by atoms with Crippen molar-refractivity contribution in [2.45, 2.75) is 5.03 Å². The molecule has 2 aromatic rings. The highest BCUT2D eigenvalue weighted by atomic mass is 32.2.